The van der Waals surface area contributed by atoms with Gasteiger partial charge in [0.2, 0.25) is 0 Å². The van der Waals surface area contributed by atoms with Crippen LogP contribution in [0.3, 0.4) is 0 Å². The fraction of sp³-hybridized carbons (Fsp3) is 1.00. The zero-order valence-corrected chi connectivity index (χ0v) is 14.6. The quantitative estimate of drug-likeness (QED) is 0.556. The fourth-order valence-corrected chi connectivity index (χ4v) is 8.84. The SMILES string of the molecule is [B]C1(CC)CC2CCCC(C34CC5CC(CC(C5)C3)C4)(C2)C1. The van der Waals surface area contributed by atoms with Crippen LogP contribution in [0.1, 0.15) is 90.4 Å². The summed E-state index contributed by atoms with van der Waals surface area (Å²) < 4.78 is 0. The minimum absolute atomic E-state index is 0.173. The maximum Gasteiger partial charge on any atom is 0.0746 e. The van der Waals surface area contributed by atoms with E-state index in [1.165, 1.54) is 38.5 Å². The molecule has 0 aromatic carbocycles. The van der Waals surface area contributed by atoms with Crippen LogP contribution in [0.25, 0.3) is 0 Å². The molecule has 6 fully saturated rings. The highest BCUT2D eigenvalue weighted by molar-refractivity contribution is 6.15. The van der Waals surface area contributed by atoms with Crippen molar-refractivity contribution in [1.82, 2.24) is 0 Å². The third kappa shape index (κ3) is 1.89. The van der Waals surface area contributed by atoms with Crippen LogP contribution in [0.5, 0.6) is 0 Å². The van der Waals surface area contributed by atoms with Crippen LogP contribution in [0.4, 0.5) is 0 Å². The van der Waals surface area contributed by atoms with Crippen LogP contribution >= 0.6 is 0 Å². The van der Waals surface area contributed by atoms with Crippen LogP contribution in [0.15, 0.2) is 0 Å². The average molecular weight is 296 g/mol. The molecule has 22 heavy (non-hydrogen) atoms. The van der Waals surface area contributed by atoms with Gasteiger partial charge in [0.05, 0.1) is 7.85 Å². The van der Waals surface area contributed by atoms with Gasteiger partial charge in [-0.25, -0.2) is 0 Å². The third-order valence-electron chi connectivity index (χ3n) is 9.20. The third-order valence-corrected chi connectivity index (χ3v) is 9.20. The second kappa shape index (κ2) is 4.57. The van der Waals surface area contributed by atoms with E-state index >= 15 is 0 Å². The number of fused-ring (bicyclic) bond motifs is 2. The van der Waals surface area contributed by atoms with Crippen molar-refractivity contribution in [3.05, 3.63) is 0 Å². The van der Waals surface area contributed by atoms with Crippen molar-refractivity contribution < 1.29 is 0 Å². The maximum absolute atomic E-state index is 6.95. The lowest BCUT2D eigenvalue weighted by Gasteiger charge is -2.69. The average Bonchev–Trinajstić information content (AvgIpc) is 2.45. The molecule has 120 valence electrons. The molecule has 3 unspecified atom stereocenters. The van der Waals surface area contributed by atoms with Crippen molar-refractivity contribution in [3.8, 4) is 0 Å². The predicted octanol–water partition coefficient (Wildman–Crippen LogP) is 5.91. The van der Waals surface area contributed by atoms with Gasteiger partial charge in [-0.2, -0.15) is 0 Å². The van der Waals surface area contributed by atoms with Gasteiger partial charge in [0.15, 0.2) is 0 Å². The summed E-state index contributed by atoms with van der Waals surface area (Å²) in [5, 5.41) is 0.173. The Labute approximate surface area is 138 Å². The molecule has 6 aliphatic carbocycles. The van der Waals surface area contributed by atoms with Gasteiger partial charge in [0.25, 0.3) is 0 Å². The van der Waals surface area contributed by atoms with Crippen molar-refractivity contribution in [1.29, 1.82) is 0 Å². The van der Waals surface area contributed by atoms with Gasteiger partial charge in [-0.05, 0) is 92.3 Å². The second-order valence-electron chi connectivity index (χ2n) is 10.5. The van der Waals surface area contributed by atoms with E-state index in [1.807, 2.05) is 0 Å². The van der Waals surface area contributed by atoms with E-state index in [4.69, 9.17) is 7.85 Å². The first-order valence-corrected chi connectivity index (χ1v) is 10.3. The standard InChI is InChI=1S/C21H33B/c1-2-21(22)13-15-4-3-5-19(9-15,14-21)20-10-16-6-17(11-20)8-18(7-16)12-20/h15-18H,2-14H2,1H3. The van der Waals surface area contributed by atoms with Crippen LogP contribution in [-0.4, -0.2) is 7.85 Å². The molecule has 0 heterocycles. The molecular formula is C21H33B. The van der Waals surface area contributed by atoms with Gasteiger partial charge in [-0.3, -0.25) is 0 Å². The molecular weight excluding hydrogens is 263 g/mol. The smallest absolute Gasteiger partial charge is 0.0656 e. The van der Waals surface area contributed by atoms with Crippen molar-refractivity contribution >= 4 is 7.85 Å². The summed E-state index contributed by atoms with van der Waals surface area (Å²) in [4.78, 5) is 0. The summed E-state index contributed by atoms with van der Waals surface area (Å²) in [6.45, 7) is 2.36. The minimum Gasteiger partial charge on any atom is -0.0656 e. The van der Waals surface area contributed by atoms with E-state index in [-0.39, 0.29) is 5.31 Å². The van der Waals surface area contributed by atoms with Crippen molar-refractivity contribution in [2.45, 2.75) is 95.7 Å². The molecule has 2 radical (unpaired) electrons. The topological polar surface area (TPSA) is 0 Å². The highest BCUT2D eigenvalue weighted by Gasteiger charge is 2.63. The summed E-state index contributed by atoms with van der Waals surface area (Å²) in [5.41, 5.74) is 1.37. The Balaban J connectivity index is 1.54. The van der Waals surface area contributed by atoms with Gasteiger partial charge in [-0.15, -0.1) is 0 Å². The summed E-state index contributed by atoms with van der Waals surface area (Å²) in [5.74, 6) is 4.24. The highest BCUT2D eigenvalue weighted by Crippen LogP contribution is 2.74. The molecule has 3 atom stereocenters. The molecule has 0 N–H and O–H groups in total. The first-order valence-electron chi connectivity index (χ1n) is 10.3. The van der Waals surface area contributed by atoms with Crippen molar-refractivity contribution in [3.63, 3.8) is 0 Å². The molecule has 6 saturated carbocycles. The lowest BCUT2D eigenvalue weighted by Crippen LogP contribution is -2.58. The summed E-state index contributed by atoms with van der Waals surface area (Å²) >= 11 is 0. The monoisotopic (exact) mass is 296 g/mol. The Morgan fingerprint density at radius 3 is 2.00 bits per heavy atom. The van der Waals surface area contributed by atoms with E-state index in [0.717, 1.165) is 29.1 Å². The summed E-state index contributed by atoms with van der Waals surface area (Å²) in [6, 6.07) is 0. The second-order valence-corrected chi connectivity index (χ2v) is 10.5. The lowest BCUT2D eigenvalue weighted by atomic mass is 9.35. The summed E-state index contributed by atoms with van der Waals surface area (Å²) in [6.07, 6.45) is 19.5. The van der Waals surface area contributed by atoms with Crippen LogP contribution in [-0.2, 0) is 0 Å². The molecule has 6 bridgehead atoms. The molecule has 0 spiro atoms. The molecule has 0 aromatic rings. The van der Waals surface area contributed by atoms with E-state index < -0.39 is 0 Å². The number of hydrogen-bond donors (Lipinski definition) is 0. The van der Waals surface area contributed by atoms with Crippen LogP contribution < -0.4 is 0 Å². The Bertz CT molecular complexity index is 433. The van der Waals surface area contributed by atoms with Gasteiger partial charge < -0.3 is 0 Å². The Morgan fingerprint density at radius 1 is 0.818 bits per heavy atom. The van der Waals surface area contributed by atoms with Gasteiger partial charge in [0.1, 0.15) is 0 Å². The van der Waals surface area contributed by atoms with Crippen LogP contribution in [0, 0.1) is 34.5 Å². The Kier molecular flexibility index (Phi) is 3.00. The lowest BCUT2D eigenvalue weighted by molar-refractivity contribution is -0.170. The molecule has 1 heteroatoms. The van der Waals surface area contributed by atoms with Crippen molar-refractivity contribution in [2.75, 3.05) is 0 Å². The first-order chi connectivity index (χ1) is 10.5. The molecule has 0 aliphatic heterocycles. The number of hydrogen-bond acceptors (Lipinski definition) is 0. The highest BCUT2D eigenvalue weighted by atomic mass is 14.7. The largest absolute Gasteiger partial charge is 0.0746 e. The first kappa shape index (κ1) is 14.4. The number of rotatable bonds is 2. The minimum atomic E-state index is 0.173. The van der Waals surface area contributed by atoms with E-state index in [2.05, 4.69) is 6.92 Å². The predicted molar refractivity (Wildman–Crippen MR) is 93.0 cm³/mol. The van der Waals surface area contributed by atoms with Gasteiger partial charge in [0, 0.05) is 0 Å². The van der Waals surface area contributed by atoms with E-state index in [9.17, 15) is 0 Å². The molecule has 6 aliphatic rings. The van der Waals surface area contributed by atoms with E-state index in [1.54, 1.807) is 44.9 Å². The fourth-order valence-electron chi connectivity index (χ4n) is 8.84. The van der Waals surface area contributed by atoms with Gasteiger partial charge in [-0.1, -0.05) is 37.9 Å². The molecule has 0 amide bonds. The molecule has 6 rings (SSSR count). The Hall–Kier alpha value is 0.0649. The zero-order valence-electron chi connectivity index (χ0n) is 14.6. The Morgan fingerprint density at radius 2 is 1.41 bits per heavy atom. The molecule has 0 nitrogen and oxygen atoms in total. The zero-order chi connectivity index (χ0) is 15.0. The molecule has 0 saturated heterocycles. The van der Waals surface area contributed by atoms with Gasteiger partial charge >= 0.3 is 0 Å². The maximum atomic E-state index is 6.95. The van der Waals surface area contributed by atoms with E-state index in [0.29, 0.717) is 5.41 Å². The van der Waals surface area contributed by atoms with Crippen LogP contribution in [0.2, 0.25) is 5.31 Å². The summed E-state index contributed by atoms with van der Waals surface area (Å²) in [7, 11) is 6.95. The normalized spacial score (nSPS) is 59.7. The van der Waals surface area contributed by atoms with Crippen molar-refractivity contribution in [2.24, 2.45) is 34.5 Å². The molecule has 0 aromatic heterocycles.